The maximum Gasteiger partial charge on any atom is 0.323 e. The Morgan fingerprint density at radius 2 is 1.71 bits per heavy atom. The van der Waals surface area contributed by atoms with Crippen LogP contribution in [0.4, 0.5) is 20.6 Å². The topological polar surface area (TPSA) is 98.3 Å². The third kappa shape index (κ3) is 5.70. The zero-order valence-electron chi connectivity index (χ0n) is 19.5. The van der Waals surface area contributed by atoms with Crippen molar-refractivity contribution in [3.05, 3.63) is 84.2 Å². The highest BCUT2D eigenvalue weighted by Gasteiger charge is 2.13. The number of amides is 2. The van der Waals surface area contributed by atoms with Crippen molar-refractivity contribution in [2.45, 2.75) is 20.3 Å². The van der Waals surface area contributed by atoms with Gasteiger partial charge in [-0.1, -0.05) is 6.92 Å². The summed E-state index contributed by atoms with van der Waals surface area (Å²) in [7, 11) is 1.38. The van der Waals surface area contributed by atoms with Crippen molar-refractivity contribution < 1.29 is 18.7 Å². The van der Waals surface area contributed by atoms with Gasteiger partial charge in [0.2, 0.25) is 5.88 Å². The molecule has 0 fully saturated rings. The number of anilines is 2. The number of carbonyl (C=O) groups excluding carboxylic acids is 1. The summed E-state index contributed by atoms with van der Waals surface area (Å²) in [4.78, 5) is 25.6. The molecule has 2 aromatic heterocycles. The fourth-order valence-electron chi connectivity index (χ4n) is 3.37. The molecule has 9 heteroatoms. The molecule has 0 unspecified atom stereocenters. The molecule has 0 saturated heterocycles. The first kappa shape index (κ1) is 23.6. The summed E-state index contributed by atoms with van der Waals surface area (Å²) in [6.07, 6.45) is 4.09. The molecule has 0 aliphatic rings. The molecule has 0 radical (unpaired) electrons. The first-order valence-electron chi connectivity index (χ1n) is 10.9. The number of halogens is 1. The van der Waals surface area contributed by atoms with Gasteiger partial charge in [0.25, 0.3) is 0 Å². The summed E-state index contributed by atoms with van der Waals surface area (Å²) in [6.45, 7) is 3.86. The molecule has 4 rings (SSSR count). The zero-order valence-corrected chi connectivity index (χ0v) is 19.5. The standard InChI is InChI=1S/C26H24FN5O3/c1-4-24-28-13-11-21(32-24)19-6-5-12-29-25(19)35-22-9-7-17(14-16(22)2)30-26(33)31-18-8-10-23(34-3)20(27)15-18/h5-15H,4H2,1-3H3,(H2,30,31,33). The number of ether oxygens (including phenoxy) is 2. The Morgan fingerprint density at radius 3 is 2.40 bits per heavy atom. The molecule has 0 spiro atoms. The van der Waals surface area contributed by atoms with E-state index in [1.54, 1.807) is 36.7 Å². The van der Waals surface area contributed by atoms with Crippen LogP contribution in [0.5, 0.6) is 17.4 Å². The van der Waals surface area contributed by atoms with Gasteiger partial charge >= 0.3 is 6.03 Å². The van der Waals surface area contributed by atoms with Gasteiger partial charge in [-0.3, -0.25) is 0 Å². The summed E-state index contributed by atoms with van der Waals surface area (Å²) >= 11 is 0. The summed E-state index contributed by atoms with van der Waals surface area (Å²) in [6, 6.07) is 14.4. The lowest BCUT2D eigenvalue weighted by Gasteiger charge is -2.13. The Bertz CT molecular complexity index is 1360. The van der Waals surface area contributed by atoms with Crippen LogP contribution in [0, 0.1) is 12.7 Å². The molecule has 2 N–H and O–H groups in total. The van der Waals surface area contributed by atoms with Crippen molar-refractivity contribution >= 4 is 17.4 Å². The number of aromatic nitrogens is 3. The van der Waals surface area contributed by atoms with Gasteiger partial charge in [-0.05, 0) is 61.0 Å². The first-order valence-corrected chi connectivity index (χ1v) is 10.9. The van der Waals surface area contributed by atoms with Crippen molar-refractivity contribution in [1.82, 2.24) is 15.0 Å². The molecule has 2 amide bonds. The van der Waals surface area contributed by atoms with Crippen molar-refractivity contribution in [1.29, 1.82) is 0 Å². The Kier molecular flexibility index (Phi) is 7.15. The van der Waals surface area contributed by atoms with Crippen molar-refractivity contribution in [2.75, 3.05) is 17.7 Å². The monoisotopic (exact) mass is 473 g/mol. The average Bonchev–Trinajstić information content (AvgIpc) is 2.86. The lowest BCUT2D eigenvalue weighted by atomic mass is 10.1. The number of aryl methyl sites for hydroxylation is 2. The predicted octanol–water partition coefficient (Wildman–Crippen LogP) is 5.99. The van der Waals surface area contributed by atoms with Gasteiger partial charge in [-0.15, -0.1) is 0 Å². The molecule has 0 saturated carbocycles. The highest BCUT2D eigenvalue weighted by Crippen LogP contribution is 2.32. The quantitative estimate of drug-likeness (QED) is 0.342. The minimum absolute atomic E-state index is 0.101. The third-order valence-electron chi connectivity index (χ3n) is 5.12. The maximum atomic E-state index is 13.9. The number of benzene rings is 2. The number of urea groups is 1. The second kappa shape index (κ2) is 10.6. The number of nitrogens with one attached hydrogen (secondary N) is 2. The van der Waals surface area contributed by atoms with Gasteiger partial charge in [0.05, 0.1) is 18.4 Å². The summed E-state index contributed by atoms with van der Waals surface area (Å²) in [5.74, 6) is 1.27. The number of rotatable bonds is 7. The molecule has 35 heavy (non-hydrogen) atoms. The molecule has 0 aliphatic heterocycles. The van der Waals surface area contributed by atoms with E-state index in [1.165, 1.54) is 19.2 Å². The highest BCUT2D eigenvalue weighted by atomic mass is 19.1. The highest BCUT2D eigenvalue weighted by molar-refractivity contribution is 5.99. The van der Waals surface area contributed by atoms with Crippen LogP contribution in [0.1, 0.15) is 18.3 Å². The Balaban J connectivity index is 1.47. The minimum atomic E-state index is -0.565. The van der Waals surface area contributed by atoms with Crippen molar-refractivity contribution in [3.8, 4) is 28.6 Å². The van der Waals surface area contributed by atoms with Gasteiger partial charge in [0.15, 0.2) is 11.6 Å². The lowest BCUT2D eigenvalue weighted by Crippen LogP contribution is -2.19. The van der Waals surface area contributed by atoms with E-state index in [0.717, 1.165) is 29.1 Å². The van der Waals surface area contributed by atoms with E-state index in [9.17, 15) is 9.18 Å². The summed E-state index contributed by atoms with van der Waals surface area (Å²) < 4.78 is 24.8. The molecule has 0 atom stereocenters. The Hall–Kier alpha value is -4.53. The number of hydrogen-bond acceptors (Lipinski definition) is 6. The van der Waals surface area contributed by atoms with Gasteiger partial charge in [0, 0.05) is 36.3 Å². The van der Waals surface area contributed by atoms with E-state index >= 15 is 0 Å². The molecule has 4 aromatic rings. The van der Waals surface area contributed by atoms with Gasteiger partial charge in [-0.25, -0.2) is 24.1 Å². The lowest BCUT2D eigenvalue weighted by molar-refractivity contribution is 0.262. The SMILES string of the molecule is CCc1nccc(-c2cccnc2Oc2ccc(NC(=O)Nc3ccc(OC)c(F)c3)cc2C)n1. The van der Waals surface area contributed by atoms with Crippen LogP contribution in [-0.4, -0.2) is 28.1 Å². The Labute approximate surface area is 202 Å². The minimum Gasteiger partial charge on any atom is -0.494 e. The van der Waals surface area contributed by atoms with Crippen LogP contribution in [0.2, 0.25) is 0 Å². The maximum absolute atomic E-state index is 13.9. The number of carbonyl (C=O) groups is 1. The Morgan fingerprint density at radius 1 is 0.971 bits per heavy atom. The van der Waals surface area contributed by atoms with E-state index in [1.807, 2.05) is 32.0 Å². The van der Waals surface area contributed by atoms with Crippen LogP contribution in [0.25, 0.3) is 11.3 Å². The van der Waals surface area contributed by atoms with Crippen LogP contribution >= 0.6 is 0 Å². The zero-order chi connectivity index (χ0) is 24.8. The van der Waals surface area contributed by atoms with E-state index in [4.69, 9.17) is 9.47 Å². The molecule has 178 valence electrons. The van der Waals surface area contributed by atoms with Crippen molar-refractivity contribution in [3.63, 3.8) is 0 Å². The number of nitrogens with zero attached hydrogens (tertiary/aromatic N) is 3. The number of pyridine rings is 1. The number of methoxy groups -OCH3 is 1. The van der Waals surface area contributed by atoms with E-state index in [2.05, 4.69) is 25.6 Å². The smallest absolute Gasteiger partial charge is 0.323 e. The van der Waals surface area contributed by atoms with Gasteiger partial charge < -0.3 is 20.1 Å². The molecule has 8 nitrogen and oxygen atoms in total. The fraction of sp³-hybridized carbons (Fsp3) is 0.154. The molecular weight excluding hydrogens is 449 g/mol. The van der Waals surface area contributed by atoms with Crippen LogP contribution in [-0.2, 0) is 6.42 Å². The molecule has 0 bridgehead atoms. The normalized spacial score (nSPS) is 10.5. The molecule has 0 aliphatic carbocycles. The summed E-state index contributed by atoms with van der Waals surface area (Å²) in [5, 5.41) is 5.32. The van der Waals surface area contributed by atoms with Crippen molar-refractivity contribution in [2.24, 2.45) is 0 Å². The second-order valence-corrected chi connectivity index (χ2v) is 7.58. The van der Waals surface area contributed by atoms with Crippen LogP contribution in [0.3, 0.4) is 0 Å². The van der Waals surface area contributed by atoms with E-state index in [0.29, 0.717) is 23.0 Å². The molecule has 2 heterocycles. The molecular formula is C26H24FN5O3. The van der Waals surface area contributed by atoms with Gasteiger partial charge in [-0.2, -0.15) is 0 Å². The summed E-state index contributed by atoms with van der Waals surface area (Å²) in [5.41, 5.74) is 3.11. The van der Waals surface area contributed by atoms with Crippen LogP contribution < -0.4 is 20.1 Å². The number of hydrogen-bond donors (Lipinski definition) is 2. The van der Waals surface area contributed by atoms with E-state index in [-0.39, 0.29) is 5.75 Å². The predicted molar refractivity (Wildman–Crippen MR) is 131 cm³/mol. The first-order chi connectivity index (χ1) is 17.0. The largest absolute Gasteiger partial charge is 0.494 e. The van der Waals surface area contributed by atoms with Gasteiger partial charge in [0.1, 0.15) is 11.6 Å². The van der Waals surface area contributed by atoms with Crippen LogP contribution in [0.15, 0.2) is 67.0 Å². The second-order valence-electron chi connectivity index (χ2n) is 7.58. The average molecular weight is 474 g/mol. The molecule has 2 aromatic carbocycles. The fourth-order valence-corrected chi connectivity index (χ4v) is 3.37. The van der Waals surface area contributed by atoms with E-state index < -0.39 is 11.8 Å². The third-order valence-corrected chi connectivity index (χ3v) is 5.12.